The summed E-state index contributed by atoms with van der Waals surface area (Å²) in [6.45, 7) is 7.34. The molecule has 7 nitrogen and oxygen atoms in total. The molecule has 1 aliphatic heterocycles. The third-order valence-corrected chi connectivity index (χ3v) is 7.78. The summed E-state index contributed by atoms with van der Waals surface area (Å²) < 4.78 is 40.0. The molecule has 0 unspecified atom stereocenters. The first kappa shape index (κ1) is 25.1. The maximum atomic E-state index is 13.3. The van der Waals surface area contributed by atoms with Crippen molar-refractivity contribution in [3.05, 3.63) is 53.1 Å². The van der Waals surface area contributed by atoms with Crippen LogP contribution >= 0.6 is 0 Å². The van der Waals surface area contributed by atoms with Crippen LogP contribution in [0.2, 0.25) is 0 Å². The van der Waals surface area contributed by atoms with Gasteiger partial charge in [0.1, 0.15) is 11.5 Å². The molecule has 0 radical (unpaired) electrons. The van der Waals surface area contributed by atoms with E-state index in [4.69, 9.17) is 9.47 Å². The van der Waals surface area contributed by atoms with Crippen LogP contribution in [-0.4, -0.2) is 46.5 Å². The molecular weight excluding hydrogens is 440 g/mol. The highest BCUT2D eigenvalue weighted by Crippen LogP contribution is 2.29. The fourth-order valence-corrected chi connectivity index (χ4v) is 5.50. The van der Waals surface area contributed by atoms with Crippen LogP contribution in [0.15, 0.2) is 41.3 Å². The van der Waals surface area contributed by atoms with Crippen molar-refractivity contribution in [2.24, 2.45) is 5.92 Å². The first-order chi connectivity index (χ1) is 15.7. The molecule has 1 N–H and O–H groups in total. The molecule has 1 saturated heterocycles. The predicted molar refractivity (Wildman–Crippen MR) is 128 cm³/mol. The zero-order valence-corrected chi connectivity index (χ0v) is 20.9. The van der Waals surface area contributed by atoms with Gasteiger partial charge in [0.05, 0.1) is 24.7 Å². The maximum absolute atomic E-state index is 13.3. The van der Waals surface area contributed by atoms with Crippen molar-refractivity contribution < 1.29 is 22.7 Å². The van der Waals surface area contributed by atoms with Gasteiger partial charge in [-0.1, -0.05) is 26.0 Å². The van der Waals surface area contributed by atoms with E-state index in [2.05, 4.69) is 11.6 Å². The minimum atomic E-state index is -3.88. The minimum Gasteiger partial charge on any atom is -0.496 e. The molecule has 33 heavy (non-hydrogen) atoms. The number of likely N-dealkylation sites (tertiary alicyclic amines) is 1. The van der Waals surface area contributed by atoms with Crippen LogP contribution < -0.4 is 14.2 Å². The molecule has 180 valence electrons. The molecule has 1 atom stereocenters. The highest BCUT2D eigenvalue weighted by molar-refractivity contribution is 7.89. The zero-order valence-electron chi connectivity index (χ0n) is 20.1. The monoisotopic (exact) mass is 474 g/mol. The molecule has 0 spiro atoms. The quantitative estimate of drug-likeness (QED) is 0.616. The Morgan fingerprint density at radius 3 is 2.30 bits per heavy atom. The first-order valence-electron chi connectivity index (χ1n) is 11.3. The van der Waals surface area contributed by atoms with E-state index in [1.165, 1.54) is 19.2 Å². The number of ether oxygens (including phenoxy) is 2. The van der Waals surface area contributed by atoms with Crippen molar-refractivity contribution in [1.29, 1.82) is 0 Å². The smallest absolute Gasteiger partial charge is 0.257 e. The Kier molecular flexibility index (Phi) is 8.02. The van der Waals surface area contributed by atoms with Crippen LogP contribution in [0, 0.1) is 12.8 Å². The van der Waals surface area contributed by atoms with Crippen molar-refractivity contribution >= 4 is 15.9 Å². The van der Waals surface area contributed by atoms with Crippen LogP contribution in [0.1, 0.15) is 60.6 Å². The van der Waals surface area contributed by atoms with Crippen molar-refractivity contribution in [1.82, 2.24) is 9.62 Å². The number of benzene rings is 2. The molecule has 1 fully saturated rings. The topological polar surface area (TPSA) is 84.9 Å². The summed E-state index contributed by atoms with van der Waals surface area (Å²) in [7, 11) is -0.788. The number of sulfonamides is 1. The summed E-state index contributed by atoms with van der Waals surface area (Å²) in [5, 5.41) is 0. The Morgan fingerprint density at radius 1 is 1.09 bits per heavy atom. The molecule has 8 heteroatoms. The van der Waals surface area contributed by atoms with Gasteiger partial charge in [-0.15, -0.1) is 0 Å². The van der Waals surface area contributed by atoms with Crippen LogP contribution in [0.25, 0.3) is 0 Å². The van der Waals surface area contributed by atoms with Gasteiger partial charge in [0.25, 0.3) is 5.91 Å². The number of piperidine rings is 1. The Labute approximate surface area is 197 Å². The van der Waals surface area contributed by atoms with E-state index in [0.29, 0.717) is 31.2 Å². The van der Waals surface area contributed by atoms with Gasteiger partial charge in [-0.05, 0) is 67.5 Å². The second-order valence-corrected chi connectivity index (χ2v) is 10.4. The summed E-state index contributed by atoms with van der Waals surface area (Å²) in [5.41, 5.74) is 2.05. The van der Waals surface area contributed by atoms with E-state index in [0.717, 1.165) is 29.7 Å². The average Bonchev–Trinajstić information content (AvgIpc) is 2.82. The van der Waals surface area contributed by atoms with Crippen LogP contribution in [0.4, 0.5) is 0 Å². The third kappa shape index (κ3) is 5.68. The van der Waals surface area contributed by atoms with E-state index >= 15 is 0 Å². The lowest BCUT2D eigenvalue weighted by Gasteiger charge is -2.30. The second-order valence-electron chi connectivity index (χ2n) is 8.65. The van der Waals surface area contributed by atoms with Crippen LogP contribution in [0.5, 0.6) is 11.5 Å². The highest BCUT2D eigenvalue weighted by atomic mass is 32.2. The number of hydrogen-bond acceptors (Lipinski definition) is 5. The van der Waals surface area contributed by atoms with E-state index in [-0.39, 0.29) is 16.4 Å². The normalized spacial score (nSPS) is 15.8. The molecule has 0 bridgehead atoms. The van der Waals surface area contributed by atoms with E-state index < -0.39 is 16.1 Å². The Morgan fingerprint density at radius 2 is 1.73 bits per heavy atom. The number of rotatable bonds is 8. The molecule has 0 saturated carbocycles. The number of aryl methyl sites for hydroxylation is 1. The summed E-state index contributed by atoms with van der Waals surface area (Å²) in [6.07, 6.45) is 2.44. The van der Waals surface area contributed by atoms with Gasteiger partial charge in [0.15, 0.2) is 0 Å². The highest BCUT2D eigenvalue weighted by Gasteiger charge is 2.27. The van der Waals surface area contributed by atoms with Crippen molar-refractivity contribution in [3.8, 4) is 11.5 Å². The third-order valence-electron chi connectivity index (χ3n) is 6.31. The fourth-order valence-electron chi connectivity index (χ4n) is 4.16. The summed E-state index contributed by atoms with van der Waals surface area (Å²) in [6, 6.07) is 9.66. The van der Waals surface area contributed by atoms with Crippen molar-refractivity contribution in [2.75, 3.05) is 27.3 Å². The number of nitrogens with zero attached hydrogens (tertiary/aromatic N) is 1. The Hall–Kier alpha value is -2.58. The number of methoxy groups -OCH3 is 2. The minimum absolute atomic E-state index is 0.0423. The second kappa shape index (κ2) is 10.6. The SMILES string of the molecule is CC[C@@H](NS(=O)(=O)c1ccc(OC)c(C(=O)N2CCC(C)CC2)c1)c1ccc(OC)c(C)c1. The summed E-state index contributed by atoms with van der Waals surface area (Å²) >= 11 is 0. The lowest BCUT2D eigenvalue weighted by atomic mass is 9.98. The standard InChI is InChI=1S/C25H34N2O5S/c1-6-22(19-7-9-23(31-4)18(3)15-19)26-33(29,30)20-8-10-24(32-5)21(16-20)25(28)27-13-11-17(2)12-14-27/h7-10,15-17,22,26H,6,11-14H2,1-5H3/t22-/m1/s1. The molecule has 2 aromatic rings. The molecule has 2 aromatic carbocycles. The number of carbonyl (C=O) groups is 1. The van der Waals surface area contributed by atoms with Gasteiger partial charge < -0.3 is 14.4 Å². The molecule has 1 heterocycles. The number of hydrogen-bond donors (Lipinski definition) is 1. The van der Waals surface area contributed by atoms with Gasteiger partial charge in [-0.25, -0.2) is 13.1 Å². The van der Waals surface area contributed by atoms with E-state index in [9.17, 15) is 13.2 Å². The molecule has 3 rings (SSSR count). The van der Waals surface area contributed by atoms with E-state index in [1.807, 2.05) is 32.0 Å². The molecule has 1 aliphatic rings. The largest absolute Gasteiger partial charge is 0.496 e. The fraction of sp³-hybridized carbons (Fsp3) is 0.480. The number of carbonyl (C=O) groups excluding carboxylic acids is 1. The molecule has 0 aromatic heterocycles. The lowest BCUT2D eigenvalue weighted by Crippen LogP contribution is -2.38. The molecular formula is C25H34N2O5S. The lowest BCUT2D eigenvalue weighted by molar-refractivity contribution is 0.0693. The van der Waals surface area contributed by atoms with Crippen molar-refractivity contribution in [2.45, 2.75) is 51.0 Å². The Bertz CT molecular complexity index is 1090. The Balaban J connectivity index is 1.88. The van der Waals surface area contributed by atoms with Crippen LogP contribution in [-0.2, 0) is 10.0 Å². The zero-order chi connectivity index (χ0) is 24.2. The van der Waals surface area contributed by atoms with Gasteiger partial charge in [0, 0.05) is 19.1 Å². The number of amides is 1. The van der Waals surface area contributed by atoms with Gasteiger partial charge in [0.2, 0.25) is 10.0 Å². The summed E-state index contributed by atoms with van der Waals surface area (Å²) in [5.74, 6) is 1.50. The van der Waals surface area contributed by atoms with Gasteiger partial charge >= 0.3 is 0 Å². The number of nitrogens with one attached hydrogen (secondary N) is 1. The summed E-state index contributed by atoms with van der Waals surface area (Å²) in [4.78, 5) is 15.0. The maximum Gasteiger partial charge on any atom is 0.257 e. The van der Waals surface area contributed by atoms with Gasteiger partial charge in [-0.3, -0.25) is 4.79 Å². The first-order valence-corrected chi connectivity index (χ1v) is 12.8. The van der Waals surface area contributed by atoms with Crippen molar-refractivity contribution in [3.63, 3.8) is 0 Å². The average molecular weight is 475 g/mol. The molecule has 0 aliphatic carbocycles. The molecule has 1 amide bonds. The van der Waals surface area contributed by atoms with E-state index in [1.54, 1.807) is 18.1 Å². The van der Waals surface area contributed by atoms with Crippen LogP contribution in [0.3, 0.4) is 0 Å². The van der Waals surface area contributed by atoms with Gasteiger partial charge in [-0.2, -0.15) is 0 Å². The predicted octanol–water partition coefficient (Wildman–Crippen LogP) is 4.31.